The van der Waals surface area contributed by atoms with Crippen LogP contribution in [0.2, 0.25) is 0 Å². The number of anilines is 4. The fourth-order valence-corrected chi connectivity index (χ4v) is 9.37. The molecule has 0 fully saturated rings. The highest BCUT2D eigenvalue weighted by atomic mass is 16.5. The lowest BCUT2D eigenvalue weighted by Gasteiger charge is -2.28. The van der Waals surface area contributed by atoms with Crippen LogP contribution < -0.4 is 14.5 Å². The van der Waals surface area contributed by atoms with E-state index in [2.05, 4.69) is 236 Å². The lowest BCUT2D eigenvalue weighted by Crippen LogP contribution is -2.25. The predicted molar refractivity (Wildman–Crippen MR) is 267 cm³/mol. The maximum atomic E-state index is 6.99. The number of hydrogen-bond acceptors (Lipinski definition) is 4. The second-order valence-corrected chi connectivity index (χ2v) is 17.7. The Hall–Kier alpha value is -7.89. The van der Waals surface area contributed by atoms with Crippen molar-refractivity contribution in [3.63, 3.8) is 0 Å². The first-order chi connectivity index (χ1) is 31.3. The Bertz CT molecular complexity index is 3270. The van der Waals surface area contributed by atoms with Gasteiger partial charge >= 0.3 is 0 Å². The molecule has 8 aromatic carbocycles. The zero-order chi connectivity index (χ0) is 43.4. The van der Waals surface area contributed by atoms with Crippen molar-refractivity contribution in [3.05, 3.63) is 218 Å². The van der Waals surface area contributed by atoms with Gasteiger partial charge in [-0.3, -0.25) is 4.57 Å². The number of aryl methyl sites for hydroxylation is 1. The molecule has 0 spiro atoms. The largest absolute Gasteiger partial charge is 0.457 e. The molecule has 0 bridgehead atoms. The summed E-state index contributed by atoms with van der Waals surface area (Å²) in [6.07, 6.45) is 2.00. The molecule has 5 nitrogen and oxygen atoms in total. The van der Waals surface area contributed by atoms with Gasteiger partial charge in [-0.1, -0.05) is 160 Å². The first-order valence-electron chi connectivity index (χ1n) is 22.1. The Balaban J connectivity index is 1.01. The standard InChI is InChI=1S/C59H48N4O/c1-40-33-57(60-38-52(40)43-23-12-7-13-24-43)63-53-28-15-14-25-50(53)51-32-31-46(37-56(51)63)64-47-35-44(59(2,3)4)34-45(36-47)61-39-62(55-30-17-16-29-54(55)61)58-48(41-19-8-5-9-20-41)26-18-27-49(58)42-21-10-6-11-22-42/h5-38H,39H2,1-4H3. The normalized spacial score (nSPS) is 12.6. The third-order valence-electron chi connectivity index (χ3n) is 12.6. The maximum absolute atomic E-state index is 6.99. The van der Waals surface area contributed by atoms with Gasteiger partial charge in [-0.05, 0) is 88.7 Å². The number of rotatable bonds is 8. The summed E-state index contributed by atoms with van der Waals surface area (Å²) in [4.78, 5) is 9.99. The van der Waals surface area contributed by atoms with Crippen molar-refractivity contribution in [3.8, 4) is 50.7 Å². The van der Waals surface area contributed by atoms with Gasteiger partial charge in [0.25, 0.3) is 0 Å². The molecule has 0 aliphatic carbocycles. The average Bonchev–Trinajstić information content (AvgIpc) is 3.88. The average molecular weight is 829 g/mol. The smallest absolute Gasteiger partial charge is 0.137 e. The highest BCUT2D eigenvalue weighted by Gasteiger charge is 2.32. The van der Waals surface area contributed by atoms with Crippen LogP contribution in [-0.2, 0) is 5.41 Å². The van der Waals surface area contributed by atoms with Gasteiger partial charge in [0.15, 0.2) is 0 Å². The van der Waals surface area contributed by atoms with Crippen molar-refractivity contribution in [1.82, 2.24) is 9.55 Å². The number of pyridine rings is 1. The molecule has 0 atom stereocenters. The monoisotopic (exact) mass is 828 g/mol. The topological polar surface area (TPSA) is 33.5 Å². The molecule has 0 radical (unpaired) electrons. The number of nitrogens with zero attached hydrogens (tertiary/aromatic N) is 4. The Morgan fingerprint density at radius 2 is 1.06 bits per heavy atom. The minimum atomic E-state index is -0.140. The second kappa shape index (κ2) is 15.8. The van der Waals surface area contributed by atoms with E-state index in [1.807, 2.05) is 12.3 Å². The highest BCUT2D eigenvalue weighted by molar-refractivity contribution is 6.09. The van der Waals surface area contributed by atoms with Gasteiger partial charge in [0.05, 0.1) is 28.1 Å². The summed E-state index contributed by atoms with van der Waals surface area (Å²) in [5, 5.41) is 2.33. The van der Waals surface area contributed by atoms with Crippen LogP contribution in [0.1, 0.15) is 31.9 Å². The van der Waals surface area contributed by atoms with E-state index in [-0.39, 0.29) is 5.41 Å². The summed E-state index contributed by atoms with van der Waals surface area (Å²) in [5.41, 5.74) is 16.0. The van der Waals surface area contributed by atoms with Crippen molar-refractivity contribution in [2.45, 2.75) is 33.1 Å². The molecule has 64 heavy (non-hydrogen) atoms. The summed E-state index contributed by atoms with van der Waals surface area (Å²) < 4.78 is 9.26. The molecule has 2 aromatic heterocycles. The van der Waals surface area contributed by atoms with Crippen LogP contribution in [-0.4, -0.2) is 16.2 Å². The lowest BCUT2D eigenvalue weighted by atomic mass is 9.86. The van der Waals surface area contributed by atoms with Crippen LogP contribution in [0.3, 0.4) is 0 Å². The van der Waals surface area contributed by atoms with Gasteiger partial charge in [0, 0.05) is 51.5 Å². The Morgan fingerprint density at radius 1 is 0.484 bits per heavy atom. The second-order valence-electron chi connectivity index (χ2n) is 17.7. The summed E-state index contributed by atoms with van der Waals surface area (Å²) in [6, 6.07) is 71.4. The fraction of sp³-hybridized carbons (Fsp3) is 0.102. The quantitative estimate of drug-likeness (QED) is 0.153. The number of benzene rings is 8. The summed E-state index contributed by atoms with van der Waals surface area (Å²) in [7, 11) is 0. The third kappa shape index (κ3) is 6.96. The summed E-state index contributed by atoms with van der Waals surface area (Å²) in [6.45, 7) is 9.59. The van der Waals surface area contributed by atoms with E-state index in [0.717, 1.165) is 61.9 Å². The van der Waals surface area contributed by atoms with E-state index in [4.69, 9.17) is 9.72 Å². The minimum absolute atomic E-state index is 0.140. The Morgan fingerprint density at radius 3 is 1.70 bits per heavy atom. The molecule has 0 saturated carbocycles. The molecule has 5 heteroatoms. The third-order valence-corrected chi connectivity index (χ3v) is 12.6. The van der Waals surface area contributed by atoms with Crippen LogP contribution in [0.25, 0.3) is 61.0 Å². The van der Waals surface area contributed by atoms with Crippen molar-refractivity contribution in [2.24, 2.45) is 0 Å². The zero-order valence-electron chi connectivity index (χ0n) is 36.5. The van der Waals surface area contributed by atoms with E-state index >= 15 is 0 Å². The zero-order valence-corrected chi connectivity index (χ0v) is 36.5. The van der Waals surface area contributed by atoms with Gasteiger partial charge in [0.2, 0.25) is 0 Å². The Kier molecular flexibility index (Phi) is 9.62. The predicted octanol–water partition coefficient (Wildman–Crippen LogP) is 15.8. The van der Waals surface area contributed by atoms with Gasteiger partial charge in [0.1, 0.15) is 24.0 Å². The number of hydrogen-bond donors (Lipinski definition) is 0. The van der Waals surface area contributed by atoms with Crippen LogP contribution in [0.5, 0.6) is 11.5 Å². The molecule has 1 aliphatic heterocycles. The number of para-hydroxylation sites is 4. The van der Waals surface area contributed by atoms with Crippen LogP contribution >= 0.6 is 0 Å². The number of ether oxygens (including phenoxy) is 1. The van der Waals surface area contributed by atoms with E-state index in [0.29, 0.717) is 6.67 Å². The molecule has 11 rings (SSSR count). The van der Waals surface area contributed by atoms with Crippen LogP contribution in [0.15, 0.2) is 206 Å². The number of aromatic nitrogens is 2. The summed E-state index contributed by atoms with van der Waals surface area (Å²) >= 11 is 0. The van der Waals surface area contributed by atoms with Gasteiger partial charge < -0.3 is 14.5 Å². The van der Waals surface area contributed by atoms with Crippen molar-refractivity contribution in [2.75, 3.05) is 16.5 Å². The maximum Gasteiger partial charge on any atom is 0.137 e. The van der Waals surface area contributed by atoms with Crippen molar-refractivity contribution in [1.29, 1.82) is 0 Å². The summed E-state index contributed by atoms with van der Waals surface area (Å²) in [5.74, 6) is 2.43. The van der Waals surface area contributed by atoms with Crippen LogP contribution in [0.4, 0.5) is 22.7 Å². The molecular weight excluding hydrogens is 781 g/mol. The number of fused-ring (bicyclic) bond motifs is 4. The first-order valence-corrected chi connectivity index (χ1v) is 22.1. The minimum Gasteiger partial charge on any atom is -0.457 e. The molecule has 0 unspecified atom stereocenters. The fourth-order valence-electron chi connectivity index (χ4n) is 9.37. The lowest BCUT2D eigenvalue weighted by molar-refractivity contribution is 0.479. The van der Waals surface area contributed by atoms with E-state index < -0.39 is 0 Å². The van der Waals surface area contributed by atoms with Gasteiger partial charge in [-0.25, -0.2) is 4.98 Å². The highest BCUT2D eigenvalue weighted by Crippen LogP contribution is 2.51. The van der Waals surface area contributed by atoms with Crippen LogP contribution in [0, 0.1) is 6.92 Å². The van der Waals surface area contributed by atoms with E-state index in [9.17, 15) is 0 Å². The molecule has 0 saturated heterocycles. The van der Waals surface area contributed by atoms with Crippen molar-refractivity contribution >= 4 is 44.6 Å². The molecule has 10 aromatic rings. The van der Waals surface area contributed by atoms with Gasteiger partial charge in [-0.15, -0.1) is 0 Å². The molecule has 0 N–H and O–H groups in total. The molecule has 310 valence electrons. The molecular formula is C59H48N4O. The molecule has 3 heterocycles. The molecule has 0 amide bonds. The van der Waals surface area contributed by atoms with E-state index in [1.54, 1.807) is 0 Å². The SMILES string of the molecule is Cc1cc(-n2c3ccccc3c3ccc(Oc4cc(N5CN(c6c(-c7ccccc7)cccc6-c6ccccc6)c6ccccc65)cc(C(C)(C)C)c4)cc32)ncc1-c1ccccc1. The Labute approximate surface area is 375 Å². The molecule has 1 aliphatic rings. The van der Waals surface area contributed by atoms with Crippen molar-refractivity contribution < 1.29 is 4.74 Å². The van der Waals surface area contributed by atoms with E-state index in [1.165, 1.54) is 44.5 Å². The first kappa shape index (κ1) is 39.0. The van der Waals surface area contributed by atoms with Gasteiger partial charge in [-0.2, -0.15) is 0 Å².